The van der Waals surface area contributed by atoms with Gasteiger partial charge in [0.25, 0.3) is 0 Å². The molecule has 2 rings (SSSR count). The summed E-state index contributed by atoms with van der Waals surface area (Å²) in [7, 11) is 1.95. The molecule has 0 aromatic heterocycles. The Morgan fingerprint density at radius 3 is 2.33 bits per heavy atom. The zero-order valence-corrected chi connectivity index (χ0v) is 13.7. The standard InChI is InChI=1S/C18H30N2O/c1-17(2)9-12-20(13-10-17)14-11-18(15-21,19-3)16-7-5-4-6-8-16/h4-8,19,21H,9-15H2,1-3H3. The zero-order chi connectivity index (χ0) is 15.3. The predicted molar refractivity (Wildman–Crippen MR) is 88.3 cm³/mol. The van der Waals surface area contributed by atoms with E-state index in [9.17, 15) is 5.11 Å². The number of aliphatic hydroxyl groups excluding tert-OH is 1. The Kier molecular flexibility index (Phi) is 5.42. The molecule has 0 saturated carbocycles. The van der Waals surface area contributed by atoms with Gasteiger partial charge >= 0.3 is 0 Å². The highest BCUT2D eigenvalue weighted by Gasteiger charge is 2.31. The second-order valence-corrected chi connectivity index (χ2v) is 7.11. The summed E-state index contributed by atoms with van der Waals surface area (Å²) in [5.41, 5.74) is 1.34. The monoisotopic (exact) mass is 290 g/mol. The van der Waals surface area contributed by atoms with E-state index in [-0.39, 0.29) is 12.1 Å². The number of hydrogen-bond acceptors (Lipinski definition) is 3. The molecule has 1 unspecified atom stereocenters. The lowest BCUT2D eigenvalue weighted by atomic mass is 9.82. The van der Waals surface area contributed by atoms with Crippen LogP contribution in [0.25, 0.3) is 0 Å². The molecule has 1 fully saturated rings. The van der Waals surface area contributed by atoms with Crippen LogP contribution in [-0.4, -0.2) is 43.3 Å². The Balaban J connectivity index is 1.98. The van der Waals surface area contributed by atoms with Gasteiger partial charge in [-0.2, -0.15) is 0 Å². The molecular formula is C18H30N2O. The minimum absolute atomic E-state index is 0.132. The van der Waals surface area contributed by atoms with Crippen molar-refractivity contribution in [2.45, 2.75) is 38.6 Å². The number of aliphatic hydroxyl groups is 1. The largest absolute Gasteiger partial charge is 0.394 e. The summed E-state index contributed by atoms with van der Waals surface area (Å²) in [4.78, 5) is 2.54. The lowest BCUT2D eigenvalue weighted by Gasteiger charge is -2.39. The van der Waals surface area contributed by atoms with Gasteiger partial charge in [0.05, 0.1) is 12.1 Å². The van der Waals surface area contributed by atoms with Crippen LogP contribution in [0.3, 0.4) is 0 Å². The molecule has 0 radical (unpaired) electrons. The molecule has 1 heterocycles. The van der Waals surface area contributed by atoms with Crippen molar-refractivity contribution >= 4 is 0 Å². The average Bonchev–Trinajstić information content (AvgIpc) is 2.51. The van der Waals surface area contributed by atoms with Crippen molar-refractivity contribution in [3.8, 4) is 0 Å². The molecule has 3 heteroatoms. The molecule has 0 amide bonds. The van der Waals surface area contributed by atoms with Crippen LogP contribution in [0.4, 0.5) is 0 Å². The summed E-state index contributed by atoms with van der Waals surface area (Å²) in [5.74, 6) is 0. The first-order valence-corrected chi connectivity index (χ1v) is 8.09. The first-order valence-electron chi connectivity index (χ1n) is 8.09. The fraction of sp³-hybridized carbons (Fsp3) is 0.667. The van der Waals surface area contributed by atoms with E-state index in [4.69, 9.17) is 0 Å². The third-order valence-electron chi connectivity index (χ3n) is 5.14. The molecule has 118 valence electrons. The number of hydrogen-bond donors (Lipinski definition) is 2. The van der Waals surface area contributed by atoms with Crippen LogP contribution < -0.4 is 5.32 Å². The summed E-state index contributed by atoms with van der Waals surface area (Å²) < 4.78 is 0. The van der Waals surface area contributed by atoms with Gasteiger partial charge in [-0.3, -0.25) is 0 Å². The third-order valence-corrected chi connectivity index (χ3v) is 5.14. The van der Waals surface area contributed by atoms with E-state index in [2.05, 4.69) is 36.2 Å². The van der Waals surface area contributed by atoms with E-state index in [1.54, 1.807) is 0 Å². The van der Waals surface area contributed by atoms with Crippen LogP contribution in [-0.2, 0) is 5.54 Å². The van der Waals surface area contributed by atoms with E-state index < -0.39 is 0 Å². The molecule has 21 heavy (non-hydrogen) atoms. The SMILES string of the molecule is CNC(CO)(CCN1CCC(C)(C)CC1)c1ccccc1. The number of benzene rings is 1. The van der Waals surface area contributed by atoms with E-state index in [0.29, 0.717) is 5.41 Å². The maximum atomic E-state index is 9.96. The van der Waals surface area contributed by atoms with Crippen LogP contribution in [0.5, 0.6) is 0 Å². The maximum Gasteiger partial charge on any atom is 0.0678 e. The molecular weight excluding hydrogens is 260 g/mol. The first-order chi connectivity index (χ1) is 10.0. The minimum atomic E-state index is -0.325. The number of likely N-dealkylation sites (N-methyl/N-ethyl adjacent to an activating group) is 1. The fourth-order valence-corrected chi connectivity index (χ4v) is 3.15. The highest BCUT2D eigenvalue weighted by atomic mass is 16.3. The van der Waals surface area contributed by atoms with E-state index >= 15 is 0 Å². The van der Waals surface area contributed by atoms with Gasteiger partial charge < -0.3 is 15.3 Å². The van der Waals surface area contributed by atoms with Crippen molar-refractivity contribution in [2.24, 2.45) is 5.41 Å². The van der Waals surface area contributed by atoms with Crippen LogP contribution in [0, 0.1) is 5.41 Å². The molecule has 2 N–H and O–H groups in total. The molecule has 0 bridgehead atoms. The number of piperidine rings is 1. The number of likely N-dealkylation sites (tertiary alicyclic amines) is 1. The summed E-state index contributed by atoms with van der Waals surface area (Å²) >= 11 is 0. The van der Waals surface area contributed by atoms with Crippen molar-refractivity contribution < 1.29 is 5.11 Å². The van der Waals surface area contributed by atoms with Crippen molar-refractivity contribution in [3.05, 3.63) is 35.9 Å². The topological polar surface area (TPSA) is 35.5 Å². The fourth-order valence-electron chi connectivity index (χ4n) is 3.15. The quantitative estimate of drug-likeness (QED) is 0.845. The number of rotatable bonds is 6. The number of nitrogens with one attached hydrogen (secondary N) is 1. The van der Waals surface area contributed by atoms with E-state index in [0.717, 1.165) is 13.0 Å². The molecule has 1 aromatic rings. The molecule has 1 saturated heterocycles. The Morgan fingerprint density at radius 2 is 1.81 bits per heavy atom. The van der Waals surface area contributed by atoms with Crippen LogP contribution >= 0.6 is 0 Å². The average molecular weight is 290 g/mol. The Morgan fingerprint density at radius 1 is 1.19 bits per heavy atom. The molecule has 1 atom stereocenters. The van der Waals surface area contributed by atoms with Crippen LogP contribution in [0.15, 0.2) is 30.3 Å². The van der Waals surface area contributed by atoms with Crippen molar-refractivity contribution in [2.75, 3.05) is 33.3 Å². The first kappa shape index (κ1) is 16.5. The molecule has 0 aliphatic carbocycles. The van der Waals surface area contributed by atoms with E-state index in [1.807, 2.05) is 25.2 Å². The van der Waals surface area contributed by atoms with Gasteiger partial charge in [0, 0.05) is 6.54 Å². The van der Waals surface area contributed by atoms with Gasteiger partial charge in [-0.25, -0.2) is 0 Å². The highest BCUT2D eigenvalue weighted by molar-refractivity contribution is 5.24. The van der Waals surface area contributed by atoms with E-state index in [1.165, 1.54) is 31.5 Å². The summed E-state index contributed by atoms with van der Waals surface area (Å²) in [6.45, 7) is 8.24. The minimum Gasteiger partial charge on any atom is -0.394 e. The smallest absolute Gasteiger partial charge is 0.0678 e. The molecule has 3 nitrogen and oxygen atoms in total. The lowest BCUT2D eigenvalue weighted by molar-refractivity contribution is 0.101. The van der Waals surface area contributed by atoms with Crippen molar-refractivity contribution in [1.82, 2.24) is 10.2 Å². The van der Waals surface area contributed by atoms with Gasteiger partial charge in [-0.1, -0.05) is 44.2 Å². The van der Waals surface area contributed by atoms with Gasteiger partial charge in [0.2, 0.25) is 0 Å². The summed E-state index contributed by atoms with van der Waals surface area (Å²) in [6, 6.07) is 10.3. The van der Waals surface area contributed by atoms with Gasteiger partial charge in [0.15, 0.2) is 0 Å². The molecule has 1 aromatic carbocycles. The molecule has 0 spiro atoms. The second kappa shape index (κ2) is 6.91. The lowest BCUT2D eigenvalue weighted by Crippen LogP contribution is -2.47. The zero-order valence-electron chi connectivity index (χ0n) is 13.7. The van der Waals surface area contributed by atoms with Gasteiger partial charge in [-0.15, -0.1) is 0 Å². The predicted octanol–water partition coefficient (Wildman–Crippen LogP) is 2.61. The normalized spacial score (nSPS) is 21.9. The van der Waals surface area contributed by atoms with Crippen molar-refractivity contribution in [1.29, 1.82) is 0 Å². The van der Waals surface area contributed by atoms with Gasteiger partial charge in [-0.05, 0) is 50.4 Å². The van der Waals surface area contributed by atoms with Crippen LogP contribution in [0.2, 0.25) is 0 Å². The summed E-state index contributed by atoms with van der Waals surface area (Å²) in [5, 5.41) is 13.3. The maximum absolute atomic E-state index is 9.96. The summed E-state index contributed by atoms with van der Waals surface area (Å²) in [6.07, 6.45) is 3.47. The second-order valence-electron chi connectivity index (χ2n) is 7.11. The highest BCUT2D eigenvalue weighted by Crippen LogP contribution is 2.31. The molecule has 1 aliphatic heterocycles. The van der Waals surface area contributed by atoms with Crippen LogP contribution in [0.1, 0.15) is 38.7 Å². The number of nitrogens with zero attached hydrogens (tertiary/aromatic N) is 1. The Bertz CT molecular complexity index is 416. The Labute approximate surface area is 129 Å². The van der Waals surface area contributed by atoms with Gasteiger partial charge in [0.1, 0.15) is 0 Å². The molecule has 1 aliphatic rings. The Hall–Kier alpha value is -0.900. The third kappa shape index (κ3) is 4.06. The van der Waals surface area contributed by atoms with Crippen molar-refractivity contribution in [3.63, 3.8) is 0 Å².